The SMILES string of the molecule is CNc1ccc(C(=O)N2CCC(C(C)(C)C)CC2)nc1. The number of likely N-dealkylation sites (tertiary alicyclic amines) is 1. The Morgan fingerprint density at radius 1 is 1.30 bits per heavy atom. The minimum atomic E-state index is 0.0556. The lowest BCUT2D eigenvalue weighted by atomic mass is 9.75. The molecule has 1 aliphatic heterocycles. The van der Waals surface area contributed by atoms with Gasteiger partial charge in [0.1, 0.15) is 5.69 Å². The predicted molar refractivity (Wildman–Crippen MR) is 81.9 cm³/mol. The van der Waals surface area contributed by atoms with Gasteiger partial charge in [-0.05, 0) is 36.3 Å². The summed E-state index contributed by atoms with van der Waals surface area (Å²) in [6.07, 6.45) is 3.88. The van der Waals surface area contributed by atoms with Gasteiger partial charge < -0.3 is 10.2 Å². The average Bonchev–Trinajstić information content (AvgIpc) is 2.46. The van der Waals surface area contributed by atoms with E-state index < -0.39 is 0 Å². The van der Waals surface area contributed by atoms with Gasteiger partial charge in [0, 0.05) is 20.1 Å². The van der Waals surface area contributed by atoms with Gasteiger partial charge in [0.25, 0.3) is 5.91 Å². The molecule has 1 amide bonds. The van der Waals surface area contributed by atoms with Crippen LogP contribution in [0.4, 0.5) is 5.69 Å². The maximum atomic E-state index is 12.4. The molecule has 1 aromatic rings. The summed E-state index contributed by atoms with van der Waals surface area (Å²) in [5.41, 5.74) is 1.80. The Kier molecular flexibility index (Phi) is 4.31. The minimum absolute atomic E-state index is 0.0556. The van der Waals surface area contributed by atoms with Gasteiger partial charge in [-0.25, -0.2) is 4.98 Å². The Bertz CT molecular complexity index is 454. The molecule has 1 fully saturated rings. The summed E-state index contributed by atoms with van der Waals surface area (Å²) in [4.78, 5) is 18.6. The number of nitrogens with one attached hydrogen (secondary N) is 1. The van der Waals surface area contributed by atoms with Crippen LogP contribution in [0.3, 0.4) is 0 Å². The summed E-state index contributed by atoms with van der Waals surface area (Å²) in [7, 11) is 1.84. The number of anilines is 1. The molecule has 0 bridgehead atoms. The van der Waals surface area contributed by atoms with Crippen molar-refractivity contribution in [3.63, 3.8) is 0 Å². The van der Waals surface area contributed by atoms with Crippen LogP contribution in [-0.4, -0.2) is 35.9 Å². The van der Waals surface area contributed by atoms with E-state index in [1.54, 1.807) is 12.3 Å². The fraction of sp³-hybridized carbons (Fsp3) is 0.625. The van der Waals surface area contributed by atoms with Gasteiger partial charge >= 0.3 is 0 Å². The van der Waals surface area contributed by atoms with E-state index in [9.17, 15) is 4.79 Å². The lowest BCUT2D eigenvalue weighted by molar-refractivity contribution is 0.0603. The van der Waals surface area contributed by atoms with E-state index >= 15 is 0 Å². The van der Waals surface area contributed by atoms with E-state index in [2.05, 4.69) is 31.1 Å². The predicted octanol–water partition coefficient (Wildman–Crippen LogP) is 3.02. The van der Waals surface area contributed by atoms with Crippen LogP contribution in [0.2, 0.25) is 0 Å². The Hall–Kier alpha value is -1.58. The molecule has 1 saturated heterocycles. The molecular formula is C16H25N3O. The molecule has 1 aromatic heterocycles. The summed E-state index contributed by atoms with van der Waals surface area (Å²) in [6.45, 7) is 8.54. The van der Waals surface area contributed by atoms with Gasteiger partial charge in [0.15, 0.2) is 0 Å². The zero-order chi connectivity index (χ0) is 14.8. The summed E-state index contributed by atoms with van der Waals surface area (Å²) in [5.74, 6) is 0.756. The first kappa shape index (κ1) is 14.8. The van der Waals surface area contributed by atoms with Crippen LogP contribution in [-0.2, 0) is 0 Å². The highest BCUT2D eigenvalue weighted by Gasteiger charge is 2.30. The van der Waals surface area contributed by atoms with Crippen molar-refractivity contribution < 1.29 is 4.79 Å². The largest absolute Gasteiger partial charge is 0.387 e. The van der Waals surface area contributed by atoms with Crippen molar-refractivity contribution in [2.45, 2.75) is 33.6 Å². The smallest absolute Gasteiger partial charge is 0.272 e. The van der Waals surface area contributed by atoms with Crippen LogP contribution < -0.4 is 5.32 Å². The van der Waals surface area contributed by atoms with Gasteiger partial charge in [0.2, 0.25) is 0 Å². The third-order valence-electron chi connectivity index (χ3n) is 4.28. The molecule has 0 spiro atoms. The van der Waals surface area contributed by atoms with E-state index in [0.29, 0.717) is 17.0 Å². The second-order valence-corrected chi connectivity index (χ2v) is 6.61. The van der Waals surface area contributed by atoms with Crippen molar-refractivity contribution in [1.82, 2.24) is 9.88 Å². The quantitative estimate of drug-likeness (QED) is 0.902. The van der Waals surface area contributed by atoms with Gasteiger partial charge in [-0.2, -0.15) is 0 Å². The maximum absolute atomic E-state index is 12.4. The second kappa shape index (κ2) is 5.81. The highest BCUT2D eigenvalue weighted by molar-refractivity contribution is 5.92. The summed E-state index contributed by atoms with van der Waals surface area (Å²) in [5, 5.41) is 3.01. The van der Waals surface area contributed by atoms with E-state index in [0.717, 1.165) is 31.6 Å². The zero-order valence-corrected chi connectivity index (χ0v) is 12.9. The van der Waals surface area contributed by atoms with Gasteiger partial charge in [-0.3, -0.25) is 4.79 Å². The molecule has 0 atom stereocenters. The number of nitrogens with zero attached hydrogens (tertiary/aromatic N) is 2. The topological polar surface area (TPSA) is 45.2 Å². The van der Waals surface area contributed by atoms with Crippen LogP contribution in [0, 0.1) is 11.3 Å². The fourth-order valence-electron chi connectivity index (χ4n) is 2.78. The van der Waals surface area contributed by atoms with Gasteiger partial charge in [-0.15, -0.1) is 0 Å². The Balaban J connectivity index is 1.97. The third-order valence-corrected chi connectivity index (χ3v) is 4.28. The number of rotatable bonds is 2. The van der Waals surface area contributed by atoms with Crippen LogP contribution >= 0.6 is 0 Å². The van der Waals surface area contributed by atoms with Crippen molar-refractivity contribution >= 4 is 11.6 Å². The van der Waals surface area contributed by atoms with E-state index in [4.69, 9.17) is 0 Å². The monoisotopic (exact) mass is 275 g/mol. The fourth-order valence-corrected chi connectivity index (χ4v) is 2.78. The van der Waals surface area contributed by atoms with E-state index in [1.807, 2.05) is 18.0 Å². The zero-order valence-electron chi connectivity index (χ0n) is 12.9. The molecule has 4 heteroatoms. The van der Waals surface area contributed by atoms with Crippen LogP contribution in [0.1, 0.15) is 44.1 Å². The first-order valence-electron chi connectivity index (χ1n) is 7.35. The number of hydrogen-bond donors (Lipinski definition) is 1. The second-order valence-electron chi connectivity index (χ2n) is 6.61. The number of pyridine rings is 1. The Labute approximate surface area is 121 Å². The standard InChI is InChI=1S/C16H25N3O/c1-16(2,3)12-7-9-19(10-8-12)15(20)14-6-5-13(17-4)11-18-14/h5-6,11-12,17H,7-10H2,1-4H3. The van der Waals surface area contributed by atoms with Crippen LogP contribution in [0.5, 0.6) is 0 Å². The molecule has 0 aromatic carbocycles. The maximum Gasteiger partial charge on any atom is 0.272 e. The molecule has 1 aliphatic rings. The number of hydrogen-bond acceptors (Lipinski definition) is 3. The lowest BCUT2D eigenvalue weighted by Gasteiger charge is -2.38. The normalized spacial score (nSPS) is 17.1. The summed E-state index contributed by atoms with van der Waals surface area (Å²) >= 11 is 0. The molecular weight excluding hydrogens is 250 g/mol. The van der Waals surface area contributed by atoms with Gasteiger partial charge in [0.05, 0.1) is 11.9 Å². The molecule has 0 radical (unpaired) electrons. The number of amides is 1. The molecule has 4 nitrogen and oxygen atoms in total. The number of carbonyl (C=O) groups excluding carboxylic acids is 1. The third kappa shape index (κ3) is 3.30. The van der Waals surface area contributed by atoms with Crippen LogP contribution in [0.15, 0.2) is 18.3 Å². The Morgan fingerprint density at radius 3 is 2.40 bits per heavy atom. The minimum Gasteiger partial charge on any atom is -0.387 e. The van der Waals surface area contributed by atoms with Crippen molar-refractivity contribution in [2.24, 2.45) is 11.3 Å². The summed E-state index contributed by atoms with van der Waals surface area (Å²) in [6, 6.07) is 3.69. The van der Waals surface area contributed by atoms with E-state index in [-0.39, 0.29) is 5.91 Å². The number of aromatic nitrogens is 1. The first-order chi connectivity index (χ1) is 9.41. The van der Waals surface area contributed by atoms with Crippen molar-refractivity contribution in [1.29, 1.82) is 0 Å². The number of carbonyl (C=O) groups is 1. The molecule has 0 saturated carbocycles. The van der Waals surface area contributed by atoms with E-state index in [1.165, 1.54) is 0 Å². The molecule has 110 valence electrons. The molecule has 0 aliphatic carbocycles. The lowest BCUT2D eigenvalue weighted by Crippen LogP contribution is -2.41. The van der Waals surface area contributed by atoms with Crippen molar-refractivity contribution in [3.05, 3.63) is 24.0 Å². The molecule has 1 N–H and O–H groups in total. The molecule has 2 rings (SSSR count). The Morgan fingerprint density at radius 2 is 1.95 bits per heavy atom. The number of piperidine rings is 1. The van der Waals surface area contributed by atoms with Crippen molar-refractivity contribution in [3.8, 4) is 0 Å². The van der Waals surface area contributed by atoms with Crippen LogP contribution in [0.25, 0.3) is 0 Å². The highest BCUT2D eigenvalue weighted by atomic mass is 16.2. The first-order valence-corrected chi connectivity index (χ1v) is 7.35. The molecule has 0 unspecified atom stereocenters. The highest BCUT2D eigenvalue weighted by Crippen LogP contribution is 2.34. The average molecular weight is 275 g/mol. The molecule has 2 heterocycles. The summed E-state index contributed by atoms with van der Waals surface area (Å²) < 4.78 is 0. The van der Waals surface area contributed by atoms with Crippen molar-refractivity contribution in [2.75, 3.05) is 25.5 Å². The molecule has 20 heavy (non-hydrogen) atoms. The van der Waals surface area contributed by atoms with Gasteiger partial charge in [-0.1, -0.05) is 20.8 Å².